The van der Waals surface area contributed by atoms with Crippen molar-refractivity contribution in [3.8, 4) is 5.75 Å². The van der Waals surface area contributed by atoms with Gasteiger partial charge in [-0.1, -0.05) is 12.1 Å². The second-order valence-electron chi connectivity index (χ2n) is 7.56. The van der Waals surface area contributed by atoms with Crippen molar-refractivity contribution in [1.82, 2.24) is 5.32 Å². The molecule has 1 unspecified atom stereocenters. The summed E-state index contributed by atoms with van der Waals surface area (Å²) in [5, 5.41) is 8.74. The Balaban J connectivity index is 1.44. The molecule has 0 aliphatic carbocycles. The first-order valence-electron chi connectivity index (χ1n) is 10.9. The molecular formula is C24H31N3O5. The van der Waals surface area contributed by atoms with Gasteiger partial charge < -0.3 is 30.2 Å². The summed E-state index contributed by atoms with van der Waals surface area (Å²) in [5.41, 5.74) is 1.84. The van der Waals surface area contributed by atoms with E-state index in [4.69, 9.17) is 14.2 Å². The number of methoxy groups -OCH3 is 1. The molecule has 1 aliphatic rings. The molecule has 1 aliphatic heterocycles. The van der Waals surface area contributed by atoms with E-state index in [1.54, 1.807) is 31.4 Å². The summed E-state index contributed by atoms with van der Waals surface area (Å²) >= 11 is 0. The summed E-state index contributed by atoms with van der Waals surface area (Å²) in [7, 11) is 1.62. The smallest absolute Gasteiger partial charge is 0.251 e. The van der Waals surface area contributed by atoms with Gasteiger partial charge in [0.25, 0.3) is 5.91 Å². The van der Waals surface area contributed by atoms with E-state index < -0.39 is 0 Å². The van der Waals surface area contributed by atoms with Crippen LogP contribution >= 0.6 is 0 Å². The first kappa shape index (κ1) is 23.6. The SMILES string of the molecule is COCCCNC(=O)c1cccc(NC(=O)CNc2cccc(OCC3CCCO3)c2)c1. The molecule has 0 aromatic heterocycles. The Labute approximate surface area is 188 Å². The van der Waals surface area contributed by atoms with Crippen LogP contribution in [0.2, 0.25) is 0 Å². The number of rotatable bonds is 12. The van der Waals surface area contributed by atoms with Gasteiger partial charge in [-0.15, -0.1) is 0 Å². The van der Waals surface area contributed by atoms with Crippen molar-refractivity contribution in [1.29, 1.82) is 0 Å². The molecule has 1 fully saturated rings. The standard InChI is InChI=1S/C24H31N3O5/c1-30-12-5-11-25-24(29)18-6-2-8-20(14-18)27-23(28)16-26-19-7-3-9-21(15-19)32-17-22-10-4-13-31-22/h2-3,6-9,14-15,22,26H,4-5,10-13,16-17H2,1H3,(H,25,29)(H,27,28). The van der Waals surface area contributed by atoms with E-state index in [1.165, 1.54) is 0 Å². The fraction of sp³-hybridized carbons (Fsp3) is 0.417. The maximum absolute atomic E-state index is 12.4. The Hall–Kier alpha value is -3.10. The molecule has 8 nitrogen and oxygen atoms in total. The molecule has 1 saturated heterocycles. The van der Waals surface area contributed by atoms with Crippen LogP contribution in [0.1, 0.15) is 29.6 Å². The minimum atomic E-state index is -0.215. The van der Waals surface area contributed by atoms with E-state index in [9.17, 15) is 9.59 Å². The predicted octanol–water partition coefficient (Wildman–Crippen LogP) is 3.06. The molecule has 0 saturated carbocycles. The summed E-state index contributed by atoms with van der Waals surface area (Å²) in [6.07, 6.45) is 2.99. The fourth-order valence-electron chi connectivity index (χ4n) is 3.31. The molecule has 2 aromatic rings. The lowest BCUT2D eigenvalue weighted by Gasteiger charge is -2.13. The van der Waals surface area contributed by atoms with Crippen LogP contribution in [0.3, 0.4) is 0 Å². The summed E-state index contributed by atoms with van der Waals surface area (Å²) in [6.45, 7) is 2.53. The summed E-state index contributed by atoms with van der Waals surface area (Å²) in [6, 6.07) is 14.3. The van der Waals surface area contributed by atoms with Crippen molar-refractivity contribution in [2.75, 3.05) is 50.7 Å². The average Bonchev–Trinajstić information content (AvgIpc) is 3.33. The van der Waals surface area contributed by atoms with Crippen LogP contribution in [0.4, 0.5) is 11.4 Å². The van der Waals surface area contributed by atoms with Crippen molar-refractivity contribution >= 4 is 23.2 Å². The maximum Gasteiger partial charge on any atom is 0.251 e. The van der Waals surface area contributed by atoms with Crippen molar-refractivity contribution in [2.24, 2.45) is 0 Å². The third kappa shape index (κ3) is 7.86. The van der Waals surface area contributed by atoms with Gasteiger partial charge in [0.15, 0.2) is 0 Å². The highest BCUT2D eigenvalue weighted by Gasteiger charge is 2.16. The monoisotopic (exact) mass is 441 g/mol. The van der Waals surface area contributed by atoms with E-state index in [1.807, 2.05) is 24.3 Å². The highest BCUT2D eigenvalue weighted by molar-refractivity contribution is 5.98. The Bertz CT molecular complexity index is 883. The van der Waals surface area contributed by atoms with Gasteiger partial charge in [0.2, 0.25) is 5.91 Å². The van der Waals surface area contributed by atoms with Gasteiger partial charge in [0.1, 0.15) is 12.4 Å². The summed E-state index contributed by atoms with van der Waals surface area (Å²) in [5.74, 6) is 0.332. The lowest BCUT2D eigenvalue weighted by molar-refractivity contribution is -0.114. The van der Waals surface area contributed by atoms with Gasteiger partial charge in [-0.3, -0.25) is 9.59 Å². The Morgan fingerprint density at radius 2 is 1.97 bits per heavy atom. The Kier molecular flexibility index (Phi) is 9.34. The van der Waals surface area contributed by atoms with Crippen LogP contribution in [0.25, 0.3) is 0 Å². The van der Waals surface area contributed by atoms with E-state index in [-0.39, 0.29) is 24.5 Å². The van der Waals surface area contributed by atoms with E-state index in [0.29, 0.717) is 31.0 Å². The van der Waals surface area contributed by atoms with Crippen LogP contribution in [0.5, 0.6) is 5.75 Å². The maximum atomic E-state index is 12.4. The molecule has 1 atom stereocenters. The number of nitrogens with one attached hydrogen (secondary N) is 3. The molecule has 0 bridgehead atoms. The minimum Gasteiger partial charge on any atom is -0.491 e. The number of amides is 2. The fourth-order valence-corrected chi connectivity index (χ4v) is 3.31. The topological polar surface area (TPSA) is 97.9 Å². The molecule has 3 rings (SSSR count). The number of ether oxygens (including phenoxy) is 3. The predicted molar refractivity (Wildman–Crippen MR) is 123 cm³/mol. The Morgan fingerprint density at radius 3 is 2.78 bits per heavy atom. The van der Waals surface area contributed by atoms with Gasteiger partial charge >= 0.3 is 0 Å². The molecule has 0 spiro atoms. The molecule has 1 heterocycles. The van der Waals surface area contributed by atoms with Crippen molar-refractivity contribution in [3.63, 3.8) is 0 Å². The summed E-state index contributed by atoms with van der Waals surface area (Å²) < 4.78 is 16.3. The normalized spacial score (nSPS) is 15.2. The number of hydrogen-bond acceptors (Lipinski definition) is 6. The van der Waals surface area contributed by atoms with Gasteiger partial charge in [0, 0.05) is 49.9 Å². The lowest BCUT2D eigenvalue weighted by atomic mass is 10.2. The average molecular weight is 442 g/mol. The third-order valence-electron chi connectivity index (χ3n) is 4.97. The zero-order valence-electron chi connectivity index (χ0n) is 18.4. The van der Waals surface area contributed by atoms with Crippen LogP contribution < -0.4 is 20.7 Å². The largest absolute Gasteiger partial charge is 0.491 e. The van der Waals surface area contributed by atoms with E-state index >= 15 is 0 Å². The highest BCUT2D eigenvalue weighted by atomic mass is 16.5. The molecule has 3 N–H and O–H groups in total. The number of carbonyl (C=O) groups excluding carboxylic acids is 2. The van der Waals surface area contributed by atoms with Gasteiger partial charge in [-0.2, -0.15) is 0 Å². The first-order valence-corrected chi connectivity index (χ1v) is 10.9. The molecule has 2 amide bonds. The first-order chi connectivity index (χ1) is 15.6. The van der Waals surface area contributed by atoms with Crippen molar-refractivity contribution < 1.29 is 23.8 Å². The van der Waals surface area contributed by atoms with Gasteiger partial charge in [0.05, 0.1) is 12.6 Å². The molecule has 2 aromatic carbocycles. The van der Waals surface area contributed by atoms with Crippen LogP contribution in [0.15, 0.2) is 48.5 Å². The van der Waals surface area contributed by atoms with E-state index in [2.05, 4.69) is 16.0 Å². The van der Waals surface area contributed by atoms with Crippen molar-refractivity contribution in [3.05, 3.63) is 54.1 Å². The van der Waals surface area contributed by atoms with E-state index in [0.717, 1.165) is 37.3 Å². The molecule has 8 heteroatoms. The number of anilines is 2. The number of hydrogen-bond donors (Lipinski definition) is 3. The van der Waals surface area contributed by atoms with Crippen LogP contribution in [0, 0.1) is 0 Å². The zero-order chi connectivity index (χ0) is 22.6. The molecular weight excluding hydrogens is 410 g/mol. The lowest BCUT2D eigenvalue weighted by Crippen LogP contribution is -2.25. The van der Waals surface area contributed by atoms with Crippen molar-refractivity contribution in [2.45, 2.75) is 25.4 Å². The van der Waals surface area contributed by atoms with Gasteiger partial charge in [-0.25, -0.2) is 0 Å². The minimum absolute atomic E-state index is 0.0859. The summed E-state index contributed by atoms with van der Waals surface area (Å²) in [4.78, 5) is 24.6. The zero-order valence-corrected chi connectivity index (χ0v) is 18.4. The number of carbonyl (C=O) groups is 2. The molecule has 32 heavy (non-hydrogen) atoms. The molecule has 172 valence electrons. The second-order valence-corrected chi connectivity index (χ2v) is 7.56. The van der Waals surface area contributed by atoms with Crippen LogP contribution in [-0.4, -0.2) is 57.9 Å². The second kappa shape index (κ2) is 12.7. The molecule has 0 radical (unpaired) electrons. The van der Waals surface area contributed by atoms with Crippen LogP contribution in [-0.2, 0) is 14.3 Å². The third-order valence-corrected chi connectivity index (χ3v) is 4.97. The highest BCUT2D eigenvalue weighted by Crippen LogP contribution is 2.19. The quantitative estimate of drug-likeness (QED) is 0.438. The Morgan fingerprint density at radius 1 is 1.12 bits per heavy atom. The number of benzene rings is 2. The van der Waals surface area contributed by atoms with Gasteiger partial charge in [-0.05, 0) is 49.6 Å².